The topological polar surface area (TPSA) is 92.5 Å². The number of nitrogens with one attached hydrogen (secondary N) is 1. The zero-order valence-electron chi connectivity index (χ0n) is 11.1. The van der Waals surface area contributed by atoms with E-state index in [1.54, 1.807) is 11.8 Å². The SMILES string of the molecule is CC[C@H](N)C(=O)N1CCC(NS(=O)(=O)CC)CC1. The van der Waals surface area contributed by atoms with E-state index >= 15 is 0 Å². The summed E-state index contributed by atoms with van der Waals surface area (Å²) in [7, 11) is -3.16. The summed E-state index contributed by atoms with van der Waals surface area (Å²) in [6.07, 6.45) is 1.93. The molecule has 1 aliphatic rings. The first-order chi connectivity index (χ1) is 8.39. The molecule has 7 heteroatoms. The number of likely N-dealkylation sites (tertiary alicyclic amines) is 1. The van der Waals surface area contributed by atoms with Crippen molar-refractivity contribution in [3.05, 3.63) is 0 Å². The van der Waals surface area contributed by atoms with Crippen LogP contribution in [0, 0.1) is 0 Å². The molecule has 1 atom stereocenters. The van der Waals surface area contributed by atoms with Crippen molar-refractivity contribution in [1.82, 2.24) is 9.62 Å². The van der Waals surface area contributed by atoms with Crippen molar-refractivity contribution in [2.24, 2.45) is 5.73 Å². The number of amides is 1. The van der Waals surface area contributed by atoms with Gasteiger partial charge in [0, 0.05) is 19.1 Å². The molecular weight excluding hydrogens is 254 g/mol. The van der Waals surface area contributed by atoms with E-state index in [1.807, 2.05) is 6.92 Å². The highest BCUT2D eigenvalue weighted by atomic mass is 32.2. The lowest BCUT2D eigenvalue weighted by Gasteiger charge is -2.33. The van der Waals surface area contributed by atoms with Gasteiger partial charge in [-0.25, -0.2) is 13.1 Å². The molecule has 0 unspecified atom stereocenters. The minimum atomic E-state index is -3.16. The highest BCUT2D eigenvalue weighted by molar-refractivity contribution is 7.89. The van der Waals surface area contributed by atoms with Gasteiger partial charge >= 0.3 is 0 Å². The average Bonchev–Trinajstić information content (AvgIpc) is 2.37. The maximum atomic E-state index is 11.8. The molecule has 0 aromatic rings. The van der Waals surface area contributed by atoms with Crippen molar-refractivity contribution < 1.29 is 13.2 Å². The minimum Gasteiger partial charge on any atom is -0.341 e. The quantitative estimate of drug-likeness (QED) is 0.718. The van der Waals surface area contributed by atoms with Crippen LogP contribution in [-0.2, 0) is 14.8 Å². The van der Waals surface area contributed by atoms with Crippen molar-refractivity contribution in [3.63, 3.8) is 0 Å². The van der Waals surface area contributed by atoms with Gasteiger partial charge in [0.25, 0.3) is 0 Å². The molecule has 1 amide bonds. The van der Waals surface area contributed by atoms with E-state index in [4.69, 9.17) is 5.73 Å². The van der Waals surface area contributed by atoms with Gasteiger partial charge in [-0.15, -0.1) is 0 Å². The molecule has 0 bridgehead atoms. The van der Waals surface area contributed by atoms with Gasteiger partial charge in [-0.2, -0.15) is 0 Å². The number of carbonyl (C=O) groups is 1. The van der Waals surface area contributed by atoms with E-state index in [9.17, 15) is 13.2 Å². The summed E-state index contributed by atoms with van der Waals surface area (Å²) in [6, 6.07) is -0.495. The van der Waals surface area contributed by atoms with Crippen LogP contribution < -0.4 is 10.5 Å². The summed E-state index contributed by atoms with van der Waals surface area (Å²) in [4.78, 5) is 13.6. The molecule has 18 heavy (non-hydrogen) atoms. The molecule has 1 fully saturated rings. The number of rotatable bonds is 5. The van der Waals surface area contributed by atoms with Crippen molar-refractivity contribution in [2.75, 3.05) is 18.8 Å². The van der Waals surface area contributed by atoms with E-state index in [0.717, 1.165) is 0 Å². The van der Waals surface area contributed by atoms with Crippen molar-refractivity contribution in [3.8, 4) is 0 Å². The number of sulfonamides is 1. The number of piperidine rings is 1. The van der Waals surface area contributed by atoms with Crippen LogP contribution in [-0.4, -0.2) is 50.2 Å². The lowest BCUT2D eigenvalue weighted by Crippen LogP contribution is -2.50. The molecule has 106 valence electrons. The Hall–Kier alpha value is -0.660. The molecule has 0 radical (unpaired) electrons. The molecule has 0 saturated carbocycles. The van der Waals surface area contributed by atoms with Crippen LogP contribution in [0.5, 0.6) is 0 Å². The van der Waals surface area contributed by atoms with E-state index in [1.165, 1.54) is 0 Å². The Bertz CT molecular complexity index is 375. The third-order valence-corrected chi connectivity index (χ3v) is 4.74. The first-order valence-corrected chi connectivity index (χ1v) is 8.09. The second-order valence-electron chi connectivity index (χ2n) is 4.64. The van der Waals surface area contributed by atoms with Gasteiger partial charge in [-0.1, -0.05) is 6.92 Å². The fraction of sp³-hybridized carbons (Fsp3) is 0.909. The maximum absolute atomic E-state index is 11.8. The lowest BCUT2D eigenvalue weighted by molar-refractivity contribution is -0.133. The molecule has 1 saturated heterocycles. The lowest BCUT2D eigenvalue weighted by atomic mass is 10.0. The monoisotopic (exact) mass is 277 g/mol. The molecule has 0 aliphatic carbocycles. The number of hydrogen-bond donors (Lipinski definition) is 2. The van der Waals surface area contributed by atoms with Crippen LogP contribution in [0.3, 0.4) is 0 Å². The number of hydrogen-bond acceptors (Lipinski definition) is 4. The van der Waals surface area contributed by atoms with Gasteiger partial charge in [0.1, 0.15) is 0 Å². The van der Waals surface area contributed by atoms with Gasteiger partial charge in [0.05, 0.1) is 11.8 Å². The van der Waals surface area contributed by atoms with Crippen molar-refractivity contribution >= 4 is 15.9 Å². The van der Waals surface area contributed by atoms with E-state index < -0.39 is 16.1 Å². The Morgan fingerprint density at radius 3 is 2.39 bits per heavy atom. The first-order valence-electron chi connectivity index (χ1n) is 6.44. The second kappa shape index (κ2) is 6.49. The smallest absolute Gasteiger partial charge is 0.239 e. The molecule has 3 N–H and O–H groups in total. The molecule has 1 heterocycles. The zero-order valence-corrected chi connectivity index (χ0v) is 11.9. The van der Waals surface area contributed by atoms with Crippen LogP contribution in [0.15, 0.2) is 0 Å². The standard InChI is InChI=1S/C11H23N3O3S/c1-3-10(12)11(15)14-7-5-9(6-8-14)13-18(16,17)4-2/h9-10,13H,3-8,12H2,1-2H3/t10-/m0/s1. The first kappa shape index (κ1) is 15.4. The van der Waals surface area contributed by atoms with E-state index in [2.05, 4.69) is 4.72 Å². The highest BCUT2D eigenvalue weighted by Gasteiger charge is 2.27. The predicted molar refractivity (Wildman–Crippen MR) is 70.5 cm³/mol. The van der Waals surface area contributed by atoms with Crippen LogP contribution in [0.1, 0.15) is 33.1 Å². The fourth-order valence-corrected chi connectivity index (χ4v) is 2.87. The van der Waals surface area contributed by atoms with Crippen molar-refractivity contribution in [2.45, 2.75) is 45.2 Å². The maximum Gasteiger partial charge on any atom is 0.239 e. The Morgan fingerprint density at radius 1 is 1.39 bits per heavy atom. The van der Waals surface area contributed by atoms with Gasteiger partial charge in [0.15, 0.2) is 0 Å². The Kier molecular flexibility index (Phi) is 5.55. The number of nitrogens with zero attached hydrogens (tertiary/aromatic N) is 1. The summed E-state index contributed by atoms with van der Waals surface area (Å²) in [5.41, 5.74) is 5.70. The third-order valence-electron chi connectivity index (χ3n) is 3.29. The van der Waals surface area contributed by atoms with Crippen molar-refractivity contribution in [1.29, 1.82) is 0 Å². The molecule has 0 aromatic carbocycles. The predicted octanol–water partition coefficient (Wildman–Crippen LogP) is -0.346. The number of nitrogens with two attached hydrogens (primary N) is 1. The number of carbonyl (C=O) groups excluding carboxylic acids is 1. The van der Waals surface area contributed by atoms with Crippen LogP contribution in [0.2, 0.25) is 0 Å². The van der Waals surface area contributed by atoms with Gasteiger partial charge in [-0.05, 0) is 26.2 Å². The van der Waals surface area contributed by atoms with E-state index in [-0.39, 0.29) is 17.7 Å². The summed E-state index contributed by atoms with van der Waals surface area (Å²) in [6.45, 7) is 4.64. The van der Waals surface area contributed by atoms with Gasteiger partial charge in [0.2, 0.25) is 15.9 Å². The third kappa shape index (κ3) is 4.22. The average molecular weight is 277 g/mol. The zero-order chi connectivity index (χ0) is 13.8. The summed E-state index contributed by atoms with van der Waals surface area (Å²) < 4.78 is 25.5. The highest BCUT2D eigenvalue weighted by Crippen LogP contribution is 2.12. The molecule has 1 rings (SSSR count). The molecule has 1 aliphatic heterocycles. The van der Waals surface area contributed by atoms with E-state index in [0.29, 0.717) is 32.4 Å². The van der Waals surface area contributed by atoms with Crippen LogP contribution in [0.4, 0.5) is 0 Å². The Labute approximate surface area is 109 Å². The molecular formula is C11H23N3O3S. The summed E-state index contributed by atoms with van der Waals surface area (Å²) in [5, 5.41) is 0. The fourth-order valence-electron chi connectivity index (χ4n) is 1.96. The summed E-state index contributed by atoms with van der Waals surface area (Å²) >= 11 is 0. The van der Waals surface area contributed by atoms with Gasteiger partial charge < -0.3 is 10.6 Å². The Balaban J connectivity index is 2.44. The second-order valence-corrected chi connectivity index (χ2v) is 6.68. The largest absolute Gasteiger partial charge is 0.341 e. The van der Waals surface area contributed by atoms with Crippen LogP contribution in [0.25, 0.3) is 0 Å². The Morgan fingerprint density at radius 2 is 1.94 bits per heavy atom. The molecule has 6 nitrogen and oxygen atoms in total. The normalized spacial score (nSPS) is 19.8. The minimum absolute atomic E-state index is 0.0331. The van der Waals surface area contributed by atoms with Gasteiger partial charge in [-0.3, -0.25) is 4.79 Å². The summed E-state index contributed by atoms with van der Waals surface area (Å²) in [5.74, 6) is 0.0571. The molecule has 0 aromatic heterocycles. The van der Waals surface area contributed by atoms with Crippen LogP contribution >= 0.6 is 0 Å². The molecule has 0 spiro atoms.